The second-order valence-corrected chi connectivity index (χ2v) is 5.71. The molecular weight excluding hydrogens is 268 g/mol. The van der Waals surface area contributed by atoms with Crippen molar-refractivity contribution in [2.45, 2.75) is 31.8 Å². The zero-order valence-corrected chi connectivity index (χ0v) is 12.9. The van der Waals surface area contributed by atoms with E-state index in [-0.39, 0.29) is 11.8 Å². The molecule has 0 bridgehead atoms. The standard InChI is InChI=1S/C15H24N4O2/c1-11(15(21)18(2)3)17-14(20)13-5-4-10-19(13)12-6-8-16-9-7-12/h4-5,10-12,16H,6-9H2,1-3H3,(H,17,20). The molecule has 0 radical (unpaired) electrons. The van der Waals surface area contributed by atoms with Crippen LogP contribution in [0.1, 0.15) is 36.3 Å². The Hall–Kier alpha value is -1.82. The van der Waals surface area contributed by atoms with Crippen molar-refractivity contribution >= 4 is 11.8 Å². The first-order chi connectivity index (χ1) is 10.0. The van der Waals surface area contributed by atoms with Crippen molar-refractivity contribution in [3.05, 3.63) is 24.0 Å². The lowest BCUT2D eigenvalue weighted by atomic mass is 10.1. The molecule has 1 unspecified atom stereocenters. The quantitative estimate of drug-likeness (QED) is 0.855. The molecule has 2 amide bonds. The van der Waals surface area contributed by atoms with Crippen LogP contribution in [-0.2, 0) is 4.79 Å². The lowest BCUT2D eigenvalue weighted by Crippen LogP contribution is -2.45. The molecule has 1 aliphatic rings. The number of carbonyl (C=O) groups excluding carboxylic acids is 2. The van der Waals surface area contributed by atoms with Crippen LogP contribution >= 0.6 is 0 Å². The van der Waals surface area contributed by atoms with Gasteiger partial charge in [-0.25, -0.2) is 0 Å². The SMILES string of the molecule is CC(NC(=O)c1cccn1C1CCNCC1)C(=O)N(C)C. The van der Waals surface area contributed by atoms with Crippen LogP contribution in [-0.4, -0.2) is 54.5 Å². The number of carbonyl (C=O) groups is 2. The third-order valence-electron chi connectivity index (χ3n) is 3.87. The summed E-state index contributed by atoms with van der Waals surface area (Å²) >= 11 is 0. The van der Waals surface area contributed by atoms with Crippen LogP contribution in [0.25, 0.3) is 0 Å². The number of nitrogens with one attached hydrogen (secondary N) is 2. The van der Waals surface area contributed by atoms with Gasteiger partial charge in [-0.3, -0.25) is 9.59 Å². The van der Waals surface area contributed by atoms with Crippen LogP contribution < -0.4 is 10.6 Å². The molecule has 6 heteroatoms. The number of hydrogen-bond donors (Lipinski definition) is 2. The summed E-state index contributed by atoms with van der Waals surface area (Å²) in [5, 5.41) is 6.10. The molecule has 1 atom stereocenters. The predicted molar refractivity (Wildman–Crippen MR) is 81.2 cm³/mol. The molecule has 21 heavy (non-hydrogen) atoms. The number of amides is 2. The fourth-order valence-electron chi connectivity index (χ4n) is 2.71. The van der Waals surface area contributed by atoms with Crippen molar-refractivity contribution in [2.24, 2.45) is 0 Å². The van der Waals surface area contributed by atoms with E-state index in [1.807, 2.05) is 22.9 Å². The van der Waals surface area contributed by atoms with Crippen LogP contribution in [0.2, 0.25) is 0 Å². The third kappa shape index (κ3) is 3.64. The van der Waals surface area contributed by atoms with Gasteiger partial charge in [0.05, 0.1) is 0 Å². The Morgan fingerprint density at radius 3 is 2.67 bits per heavy atom. The Morgan fingerprint density at radius 2 is 2.05 bits per heavy atom. The van der Waals surface area contributed by atoms with Crippen molar-refractivity contribution in [2.75, 3.05) is 27.2 Å². The topological polar surface area (TPSA) is 66.4 Å². The number of aromatic nitrogens is 1. The molecule has 0 saturated carbocycles. The molecule has 1 saturated heterocycles. The van der Waals surface area contributed by atoms with Crippen LogP contribution in [0, 0.1) is 0 Å². The third-order valence-corrected chi connectivity index (χ3v) is 3.87. The van der Waals surface area contributed by atoms with Crippen LogP contribution in [0.3, 0.4) is 0 Å². The highest BCUT2D eigenvalue weighted by Crippen LogP contribution is 2.21. The van der Waals surface area contributed by atoms with Gasteiger partial charge in [-0.1, -0.05) is 0 Å². The van der Waals surface area contributed by atoms with Gasteiger partial charge in [-0.05, 0) is 45.0 Å². The molecule has 0 aliphatic carbocycles. The molecule has 6 nitrogen and oxygen atoms in total. The van der Waals surface area contributed by atoms with E-state index < -0.39 is 6.04 Å². The maximum Gasteiger partial charge on any atom is 0.268 e. The molecule has 116 valence electrons. The first-order valence-electron chi connectivity index (χ1n) is 7.40. The van der Waals surface area contributed by atoms with Crippen molar-refractivity contribution in [3.8, 4) is 0 Å². The zero-order chi connectivity index (χ0) is 15.4. The number of likely N-dealkylation sites (N-methyl/N-ethyl adjacent to an activating group) is 1. The number of rotatable bonds is 4. The number of hydrogen-bond acceptors (Lipinski definition) is 3. The van der Waals surface area contributed by atoms with E-state index in [1.165, 1.54) is 4.90 Å². The second-order valence-electron chi connectivity index (χ2n) is 5.71. The van der Waals surface area contributed by atoms with Gasteiger partial charge in [-0.15, -0.1) is 0 Å². The summed E-state index contributed by atoms with van der Waals surface area (Å²) in [7, 11) is 3.37. The molecular formula is C15H24N4O2. The molecule has 0 aromatic carbocycles. The lowest BCUT2D eigenvalue weighted by molar-refractivity contribution is -0.130. The van der Waals surface area contributed by atoms with Crippen LogP contribution in [0.4, 0.5) is 0 Å². The van der Waals surface area contributed by atoms with Gasteiger partial charge in [-0.2, -0.15) is 0 Å². The lowest BCUT2D eigenvalue weighted by Gasteiger charge is -2.26. The van der Waals surface area contributed by atoms with Crippen molar-refractivity contribution < 1.29 is 9.59 Å². The Bertz CT molecular complexity index is 504. The van der Waals surface area contributed by atoms with Gasteiger partial charge in [0.1, 0.15) is 11.7 Å². The predicted octanol–water partition coefficient (Wildman–Crippen LogP) is 0.619. The van der Waals surface area contributed by atoms with Gasteiger partial charge in [0.25, 0.3) is 5.91 Å². The Morgan fingerprint density at radius 1 is 1.38 bits per heavy atom. The molecule has 1 fully saturated rings. The van der Waals surface area contributed by atoms with Crippen molar-refractivity contribution in [1.29, 1.82) is 0 Å². The molecule has 2 N–H and O–H groups in total. The first kappa shape index (κ1) is 15.6. The van der Waals surface area contributed by atoms with E-state index in [0.29, 0.717) is 11.7 Å². The fourth-order valence-corrected chi connectivity index (χ4v) is 2.71. The number of piperidine rings is 1. The second kappa shape index (κ2) is 6.76. The van der Waals surface area contributed by atoms with E-state index >= 15 is 0 Å². The highest BCUT2D eigenvalue weighted by Gasteiger charge is 2.23. The van der Waals surface area contributed by atoms with Crippen LogP contribution in [0.15, 0.2) is 18.3 Å². The van der Waals surface area contributed by atoms with Crippen molar-refractivity contribution in [1.82, 2.24) is 20.1 Å². The maximum absolute atomic E-state index is 12.4. The van der Waals surface area contributed by atoms with Gasteiger partial charge < -0.3 is 20.1 Å². The van der Waals surface area contributed by atoms with E-state index in [4.69, 9.17) is 0 Å². The van der Waals surface area contributed by atoms with Gasteiger partial charge in [0, 0.05) is 26.3 Å². The summed E-state index contributed by atoms with van der Waals surface area (Å²) in [5.41, 5.74) is 0.625. The smallest absolute Gasteiger partial charge is 0.268 e. The van der Waals surface area contributed by atoms with E-state index in [2.05, 4.69) is 10.6 Å². The molecule has 1 aromatic rings. The highest BCUT2D eigenvalue weighted by atomic mass is 16.2. The molecule has 1 aromatic heterocycles. The molecule has 2 heterocycles. The minimum atomic E-state index is -0.524. The summed E-state index contributed by atoms with van der Waals surface area (Å²) in [5.74, 6) is -0.301. The average molecular weight is 292 g/mol. The van der Waals surface area contributed by atoms with Gasteiger partial charge in [0.2, 0.25) is 5.91 Å². The fraction of sp³-hybridized carbons (Fsp3) is 0.600. The average Bonchev–Trinajstić information content (AvgIpc) is 2.96. The van der Waals surface area contributed by atoms with E-state index in [0.717, 1.165) is 25.9 Å². The summed E-state index contributed by atoms with van der Waals surface area (Å²) in [4.78, 5) is 25.7. The molecule has 2 rings (SSSR count). The molecule has 0 spiro atoms. The maximum atomic E-state index is 12.4. The van der Waals surface area contributed by atoms with Gasteiger partial charge in [0.15, 0.2) is 0 Å². The minimum Gasteiger partial charge on any atom is -0.347 e. The summed E-state index contributed by atoms with van der Waals surface area (Å²) < 4.78 is 2.03. The summed E-state index contributed by atoms with van der Waals surface area (Å²) in [6, 6.07) is 3.52. The Balaban J connectivity index is 2.06. The Kier molecular flexibility index (Phi) is 5.01. The highest BCUT2D eigenvalue weighted by molar-refractivity contribution is 5.96. The normalized spacial score (nSPS) is 17.3. The summed E-state index contributed by atoms with van der Waals surface area (Å²) in [6.45, 7) is 3.65. The Labute approximate surface area is 125 Å². The monoisotopic (exact) mass is 292 g/mol. The minimum absolute atomic E-state index is 0.108. The van der Waals surface area contributed by atoms with Crippen molar-refractivity contribution in [3.63, 3.8) is 0 Å². The van der Waals surface area contributed by atoms with E-state index in [9.17, 15) is 9.59 Å². The van der Waals surface area contributed by atoms with E-state index in [1.54, 1.807) is 21.0 Å². The zero-order valence-electron chi connectivity index (χ0n) is 12.9. The summed E-state index contributed by atoms with van der Waals surface area (Å²) in [6.07, 6.45) is 3.98. The largest absolute Gasteiger partial charge is 0.347 e. The first-order valence-corrected chi connectivity index (χ1v) is 7.40. The van der Waals surface area contributed by atoms with Crippen LogP contribution in [0.5, 0.6) is 0 Å². The molecule has 1 aliphatic heterocycles. The van der Waals surface area contributed by atoms with Gasteiger partial charge >= 0.3 is 0 Å². The number of nitrogens with zero attached hydrogens (tertiary/aromatic N) is 2.